The van der Waals surface area contributed by atoms with E-state index < -0.39 is 0 Å². The Morgan fingerprint density at radius 1 is 1.67 bits per heavy atom. The van der Waals surface area contributed by atoms with Gasteiger partial charge in [0.05, 0.1) is 10.6 Å². The summed E-state index contributed by atoms with van der Waals surface area (Å²) in [6, 6.07) is 0.117. The Balaban J connectivity index is 2.24. The Morgan fingerprint density at radius 3 is 3.00 bits per heavy atom. The SMILES string of the molecule is Cc1nnsc1C1OCCC1N. The van der Waals surface area contributed by atoms with Gasteiger partial charge >= 0.3 is 0 Å². The number of aromatic nitrogens is 2. The molecule has 1 aliphatic rings. The maximum atomic E-state index is 5.87. The van der Waals surface area contributed by atoms with Gasteiger partial charge in [0.25, 0.3) is 0 Å². The third-order valence-corrected chi connectivity index (χ3v) is 2.97. The summed E-state index contributed by atoms with van der Waals surface area (Å²) in [7, 11) is 0. The number of hydrogen-bond donors (Lipinski definition) is 1. The van der Waals surface area contributed by atoms with E-state index >= 15 is 0 Å². The number of hydrogen-bond acceptors (Lipinski definition) is 5. The van der Waals surface area contributed by atoms with Crippen LogP contribution in [0.4, 0.5) is 0 Å². The molecule has 2 heterocycles. The van der Waals surface area contributed by atoms with Crippen molar-refractivity contribution in [2.24, 2.45) is 5.73 Å². The van der Waals surface area contributed by atoms with Gasteiger partial charge in [0.1, 0.15) is 6.10 Å². The van der Waals surface area contributed by atoms with Crippen LogP contribution in [-0.2, 0) is 4.74 Å². The second-order valence-electron chi connectivity index (χ2n) is 2.97. The fourth-order valence-electron chi connectivity index (χ4n) is 1.37. The third-order valence-electron chi connectivity index (χ3n) is 2.08. The Bertz CT molecular complexity index is 275. The first-order chi connectivity index (χ1) is 5.79. The van der Waals surface area contributed by atoms with Crippen molar-refractivity contribution < 1.29 is 4.74 Å². The van der Waals surface area contributed by atoms with Crippen LogP contribution < -0.4 is 5.73 Å². The van der Waals surface area contributed by atoms with Crippen molar-refractivity contribution in [1.82, 2.24) is 9.59 Å². The van der Waals surface area contributed by atoms with Gasteiger partial charge < -0.3 is 10.5 Å². The molecule has 0 spiro atoms. The summed E-state index contributed by atoms with van der Waals surface area (Å²) in [6.07, 6.45) is 0.965. The van der Waals surface area contributed by atoms with Gasteiger partial charge in [-0.05, 0) is 24.9 Å². The predicted molar refractivity (Wildman–Crippen MR) is 45.9 cm³/mol. The average molecular weight is 185 g/mol. The van der Waals surface area contributed by atoms with Crippen molar-refractivity contribution in [2.45, 2.75) is 25.5 Å². The summed E-state index contributed by atoms with van der Waals surface area (Å²) in [5.41, 5.74) is 6.81. The van der Waals surface area contributed by atoms with Crippen LogP contribution >= 0.6 is 11.5 Å². The number of ether oxygens (including phenoxy) is 1. The molecule has 0 aromatic carbocycles. The normalized spacial score (nSPS) is 29.5. The summed E-state index contributed by atoms with van der Waals surface area (Å²) >= 11 is 1.38. The minimum Gasteiger partial charge on any atom is -0.371 e. The van der Waals surface area contributed by atoms with E-state index in [4.69, 9.17) is 10.5 Å². The highest BCUT2D eigenvalue weighted by molar-refractivity contribution is 7.05. The molecule has 2 N–H and O–H groups in total. The molecule has 2 atom stereocenters. The number of nitrogens with zero attached hydrogens (tertiary/aromatic N) is 2. The second kappa shape index (κ2) is 3.08. The Kier molecular flexibility index (Phi) is 2.08. The number of nitrogens with two attached hydrogens (primary N) is 1. The lowest BCUT2D eigenvalue weighted by Gasteiger charge is -2.11. The molecule has 0 radical (unpaired) electrons. The summed E-state index contributed by atoms with van der Waals surface area (Å²) in [5.74, 6) is 0. The van der Waals surface area contributed by atoms with Gasteiger partial charge in [0, 0.05) is 12.6 Å². The Labute approximate surface area is 74.9 Å². The Hall–Kier alpha value is -0.520. The standard InChI is InChI=1S/C7H11N3OS/c1-4-7(12-10-9-4)6-5(8)2-3-11-6/h5-6H,2-3,8H2,1H3. The summed E-state index contributed by atoms with van der Waals surface area (Å²) in [5, 5.41) is 3.93. The molecule has 66 valence electrons. The molecular weight excluding hydrogens is 174 g/mol. The first kappa shape index (κ1) is 8.10. The molecule has 12 heavy (non-hydrogen) atoms. The molecule has 1 aromatic heterocycles. The zero-order chi connectivity index (χ0) is 8.55. The lowest BCUT2D eigenvalue weighted by Crippen LogP contribution is -2.23. The average Bonchev–Trinajstić information content (AvgIpc) is 2.59. The third kappa shape index (κ3) is 1.24. The first-order valence-electron chi connectivity index (χ1n) is 3.95. The van der Waals surface area contributed by atoms with Crippen molar-refractivity contribution in [2.75, 3.05) is 6.61 Å². The number of aryl methyl sites for hydroxylation is 1. The van der Waals surface area contributed by atoms with Crippen molar-refractivity contribution >= 4 is 11.5 Å². The zero-order valence-electron chi connectivity index (χ0n) is 6.86. The van der Waals surface area contributed by atoms with Crippen LogP contribution in [0.5, 0.6) is 0 Å². The summed E-state index contributed by atoms with van der Waals surface area (Å²) < 4.78 is 9.35. The molecule has 1 aliphatic heterocycles. The highest BCUT2D eigenvalue weighted by Crippen LogP contribution is 2.31. The van der Waals surface area contributed by atoms with Gasteiger partial charge in [0.2, 0.25) is 0 Å². The van der Waals surface area contributed by atoms with E-state index in [-0.39, 0.29) is 12.1 Å². The largest absolute Gasteiger partial charge is 0.371 e. The van der Waals surface area contributed by atoms with Crippen LogP contribution in [0.2, 0.25) is 0 Å². The minimum absolute atomic E-state index is 0.0324. The van der Waals surface area contributed by atoms with Crippen LogP contribution in [0.1, 0.15) is 23.1 Å². The lowest BCUT2D eigenvalue weighted by molar-refractivity contribution is 0.107. The summed E-state index contributed by atoms with van der Waals surface area (Å²) in [4.78, 5) is 1.08. The van der Waals surface area contributed by atoms with Crippen molar-refractivity contribution in [3.8, 4) is 0 Å². The molecule has 0 bridgehead atoms. The van der Waals surface area contributed by atoms with Crippen LogP contribution in [-0.4, -0.2) is 22.2 Å². The van der Waals surface area contributed by atoms with Crippen LogP contribution in [0.3, 0.4) is 0 Å². The molecular formula is C7H11N3OS. The first-order valence-corrected chi connectivity index (χ1v) is 4.72. The van der Waals surface area contributed by atoms with E-state index in [9.17, 15) is 0 Å². The molecule has 1 saturated heterocycles. The van der Waals surface area contributed by atoms with E-state index in [1.807, 2.05) is 6.92 Å². The van der Waals surface area contributed by atoms with Gasteiger partial charge in [-0.2, -0.15) is 0 Å². The molecule has 1 aromatic rings. The molecule has 1 fully saturated rings. The van der Waals surface area contributed by atoms with Gasteiger partial charge in [-0.1, -0.05) is 4.49 Å². The number of rotatable bonds is 1. The molecule has 4 nitrogen and oxygen atoms in total. The Morgan fingerprint density at radius 2 is 2.50 bits per heavy atom. The maximum Gasteiger partial charge on any atom is 0.110 e. The highest BCUT2D eigenvalue weighted by atomic mass is 32.1. The zero-order valence-corrected chi connectivity index (χ0v) is 7.67. The highest BCUT2D eigenvalue weighted by Gasteiger charge is 2.29. The predicted octanol–water partition coefficient (Wildman–Crippen LogP) is 0.635. The minimum atomic E-state index is 0.0324. The van der Waals surface area contributed by atoms with Crippen LogP contribution in [0.25, 0.3) is 0 Å². The van der Waals surface area contributed by atoms with E-state index in [0.29, 0.717) is 0 Å². The van der Waals surface area contributed by atoms with E-state index in [1.165, 1.54) is 11.5 Å². The van der Waals surface area contributed by atoms with Crippen molar-refractivity contribution in [3.05, 3.63) is 10.6 Å². The van der Waals surface area contributed by atoms with Crippen LogP contribution in [0.15, 0.2) is 0 Å². The lowest BCUT2D eigenvalue weighted by atomic mass is 10.1. The van der Waals surface area contributed by atoms with E-state index in [2.05, 4.69) is 9.59 Å². The fourth-order valence-corrected chi connectivity index (χ4v) is 2.15. The molecule has 2 rings (SSSR count). The van der Waals surface area contributed by atoms with Crippen LogP contribution in [0, 0.1) is 6.92 Å². The topological polar surface area (TPSA) is 61.0 Å². The van der Waals surface area contributed by atoms with Crippen molar-refractivity contribution in [1.29, 1.82) is 0 Å². The van der Waals surface area contributed by atoms with Gasteiger partial charge in [-0.15, -0.1) is 5.10 Å². The van der Waals surface area contributed by atoms with E-state index in [1.54, 1.807) is 0 Å². The molecule has 5 heteroatoms. The monoisotopic (exact) mass is 185 g/mol. The maximum absolute atomic E-state index is 5.87. The molecule has 0 aliphatic carbocycles. The molecule has 0 saturated carbocycles. The van der Waals surface area contributed by atoms with Gasteiger partial charge in [0.15, 0.2) is 0 Å². The second-order valence-corrected chi connectivity index (χ2v) is 3.75. The quantitative estimate of drug-likeness (QED) is 0.697. The molecule has 2 unspecified atom stereocenters. The smallest absolute Gasteiger partial charge is 0.110 e. The van der Waals surface area contributed by atoms with Gasteiger partial charge in [-0.25, -0.2) is 0 Å². The van der Waals surface area contributed by atoms with Crippen molar-refractivity contribution in [3.63, 3.8) is 0 Å². The van der Waals surface area contributed by atoms with Gasteiger partial charge in [-0.3, -0.25) is 0 Å². The fraction of sp³-hybridized carbons (Fsp3) is 0.714. The molecule has 0 amide bonds. The summed E-state index contributed by atoms with van der Waals surface area (Å²) in [6.45, 7) is 2.69. The van der Waals surface area contributed by atoms with E-state index in [0.717, 1.165) is 23.6 Å².